The minimum absolute atomic E-state index is 0.0542. The third kappa shape index (κ3) is 3.63. The molecule has 140 valence electrons. The molecule has 28 heavy (non-hydrogen) atoms. The average Bonchev–Trinajstić information content (AvgIpc) is 3.32. The number of aromatic carboxylic acids is 1. The summed E-state index contributed by atoms with van der Waals surface area (Å²) >= 11 is 6.25. The maximum absolute atomic E-state index is 10.9. The van der Waals surface area contributed by atoms with Gasteiger partial charge in [-0.1, -0.05) is 11.6 Å². The third-order valence-electron chi connectivity index (χ3n) is 4.44. The summed E-state index contributed by atoms with van der Waals surface area (Å²) in [4.78, 5) is 23.3. The molecule has 1 aliphatic carbocycles. The molecule has 1 aliphatic rings. The average molecular weight is 396 g/mol. The summed E-state index contributed by atoms with van der Waals surface area (Å²) in [5, 5.41) is 25.8. The van der Waals surface area contributed by atoms with E-state index in [1.54, 1.807) is 23.1 Å². The van der Waals surface area contributed by atoms with Gasteiger partial charge >= 0.3 is 5.97 Å². The van der Waals surface area contributed by atoms with E-state index in [4.69, 9.17) is 16.7 Å². The third-order valence-corrected chi connectivity index (χ3v) is 4.72. The predicted octanol–water partition coefficient (Wildman–Crippen LogP) is 3.13. The fraction of sp³-hybridized carbons (Fsp3) is 0.222. The van der Waals surface area contributed by atoms with Crippen LogP contribution in [0.1, 0.15) is 23.3 Å². The zero-order valence-electron chi connectivity index (χ0n) is 14.5. The lowest BCUT2D eigenvalue weighted by Crippen LogP contribution is -2.09. The number of anilines is 2. The number of carboxylic acid groups (broad SMARTS) is 1. The van der Waals surface area contributed by atoms with Crippen molar-refractivity contribution in [3.8, 4) is 17.3 Å². The first-order chi connectivity index (χ1) is 13.5. The lowest BCUT2D eigenvalue weighted by atomic mass is 10.1. The van der Waals surface area contributed by atoms with Crippen LogP contribution in [0, 0.1) is 16.7 Å². The van der Waals surface area contributed by atoms with Crippen molar-refractivity contribution in [3.63, 3.8) is 0 Å². The molecule has 0 amide bonds. The molecule has 0 aromatic carbocycles. The molecule has 1 fully saturated rings. The summed E-state index contributed by atoms with van der Waals surface area (Å²) in [5.74, 6) is -0.814. The van der Waals surface area contributed by atoms with Gasteiger partial charge in [-0.3, -0.25) is 4.68 Å². The van der Waals surface area contributed by atoms with Crippen LogP contribution in [-0.4, -0.2) is 35.8 Å². The quantitative estimate of drug-likeness (QED) is 0.651. The second kappa shape index (κ2) is 6.90. The normalized spacial score (nSPS) is 14.3. The minimum Gasteiger partial charge on any atom is -0.477 e. The van der Waals surface area contributed by atoms with E-state index < -0.39 is 5.97 Å². The van der Waals surface area contributed by atoms with Gasteiger partial charge in [0.2, 0.25) is 5.95 Å². The highest BCUT2D eigenvalue weighted by Crippen LogP contribution is 2.46. The maximum atomic E-state index is 10.9. The Morgan fingerprint density at radius 3 is 2.79 bits per heavy atom. The van der Waals surface area contributed by atoms with Gasteiger partial charge in [-0.25, -0.2) is 19.7 Å². The van der Waals surface area contributed by atoms with Gasteiger partial charge in [0.25, 0.3) is 0 Å². The first-order valence-corrected chi connectivity index (χ1v) is 8.79. The van der Waals surface area contributed by atoms with Crippen molar-refractivity contribution in [2.24, 2.45) is 5.41 Å². The Bertz CT molecular complexity index is 1080. The first-order valence-electron chi connectivity index (χ1n) is 8.41. The number of nitrogens with one attached hydrogen (secondary N) is 1. The van der Waals surface area contributed by atoms with Gasteiger partial charge in [0.1, 0.15) is 5.69 Å². The van der Waals surface area contributed by atoms with E-state index in [2.05, 4.69) is 31.4 Å². The lowest BCUT2D eigenvalue weighted by Gasteiger charge is -2.07. The van der Waals surface area contributed by atoms with Crippen LogP contribution in [0.5, 0.6) is 0 Å². The highest BCUT2D eigenvalue weighted by Gasteiger charge is 2.43. The largest absolute Gasteiger partial charge is 0.477 e. The standard InChI is InChI=1S/C18H14ClN7O2/c19-13-7-22-17(24-12-1-2-14(16(27)28)21-6-12)25-15(13)11-5-23-26(8-11)10-18(9-20)3-4-18/h1-2,5-8H,3-4,10H2,(H,27,28)(H,22,24,25). The summed E-state index contributed by atoms with van der Waals surface area (Å²) in [6, 6.07) is 5.30. The molecule has 3 aromatic heterocycles. The number of rotatable bonds is 6. The van der Waals surface area contributed by atoms with Crippen LogP contribution in [0.25, 0.3) is 11.3 Å². The molecule has 2 N–H and O–H groups in total. The van der Waals surface area contributed by atoms with E-state index in [1.807, 2.05) is 0 Å². The Hall–Kier alpha value is -3.51. The maximum Gasteiger partial charge on any atom is 0.354 e. The van der Waals surface area contributed by atoms with Gasteiger partial charge in [-0.2, -0.15) is 10.4 Å². The molecule has 0 spiro atoms. The van der Waals surface area contributed by atoms with E-state index in [0.29, 0.717) is 28.5 Å². The van der Waals surface area contributed by atoms with Crippen molar-refractivity contribution in [1.82, 2.24) is 24.7 Å². The van der Waals surface area contributed by atoms with Crippen molar-refractivity contribution in [3.05, 3.63) is 47.6 Å². The molecular weight excluding hydrogens is 382 g/mol. The molecule has 4 rings (SSSR count). The van der Waals surface area contributed by atoms with Crippen LogP contribution in [0.15, 0.2) is 36.9 Å². The molecule has 0 bridgehead atoms. The zero-order chi connectivity index (χ0) is 19.7. The van der Waals surface area contributed by atoms with Crippen molar-refractivity contribution in [2.45, 2.75) is 19.4 Å². The molecule has 0 radical (unpaired) electrons. The van der Waals surface area contributed by atoms with Gasteiger partial charge in [-0.15, -0.1) is 0 Å². The van der Waals surface area contributed by atoms with E-state index in [-0.39, 0.29) is 17.1 Å². The molecule has 3 heterocycles. The summed E-state index contributed by atoms with van der Waals surface area (Å²) in [5.41, 5.74) is 1.40. The summed E-state index contributed by atoms with van der Waals surface area (Å²) in [6.45, 7) is 0.541. The fourth-order valence-electron chi connectivity index (χ4n) is 2.69. The second-order valence-corrected chi connectivity index (χ2v) is 6.98. The number of nitrogens with zero attached hydrogens (tertiary/aromatic N) is 6. The number of nitriles is 1. The molecule has 0 atom stereocenters. The molecule has 1 saturated carbocycles. The van der Waals surface area contributed by atoms with Crippen LogP contribution in [0.2, 0.25) is 5.02 Å². The molecule has 0 saturated heterocycles. The smallest absolute Gasteiger partial charge is 0.354 e. The van der Waals surface area contributed by atoms with Crippen LogP contribution < -0.4 is 5.32 Å². The van der Waals surface area contributed by atoms with Gasteiger partial charge in [0, 0.05) is 11.8 Å². The first kappa shape index (κ1) is 17.9. The number of aromatic nitrogens is 5. The van der Waals surface area contributed by atoms with E-state index in [1.165, 1.54) is 18.5 Å². The fourth-order valence-corrected chi connectivity index (χ4v) is 2.89. The molecule has 3 aromatic rings. The molecular formula is C18H14ClN7O2. The molecule has 0 aliphatic heterocycles. The second-order valence-electron chi connectivity index (χ2n) is 6.57. The highest BCUT2D eigenvalue weighted by molar-refractivity contribution is 6.32. The Balaban J connectivity index is 1.55. The highest BCUT2D eigenvalue weighted by atomic mass is 35.5. The number of halogens is 1. The van der Waals surface area contributed by atoms with Crippen molar-refractivity contribution in [1.29, 1.82) is 5.26 Å². The Morgan fingerprint density at radius 1 is 1.32 bits per heavy atom. The minimum atomic E-state index is -1.10. The van der Waals surface area contributed by atoms with Gasteiger partial charge in [-0.05, 0) is 25.0 Å². The number of carbonyl (C=O) groups is 1. The predicted molar refractivity (Wildman–Crippen MR) is 100 cm³/mol. The summed E-state index contributed by atoms with van der Waals surface area (Å²) in [6.07, 6.45) is 8.08. The van der Waals surface area contributed by atoms with Crippen LogP contribution in [0.4, 0.5) is 11.6 Å². The molecule has 10 heteroatoms. The van der Waals surface area contributed by atoms with Gasteiger partial charge < -0.3 is 10.4 Å². The summed E-state index contributed by atoms with van der Waals surface area (Å²) in [7, 11) is 0. The molecule has 0 unspecified atom stereocenters. The van der Waals surface area contributed by atoms with Crippen molar-refractivity contribution < 1.29 is 9.90 Å². The zero-order valence-corrected chi connectivity index (χ0v) is 15.3. The number of pyridine rings is 1. The van der Waals surface area contributed by atoms with Gasteiger partial charge in [0.15, 0.2) is 0 Å². The van der Waals surface area contributed by atoms with Crippen molar-refractivity contribution in [2.75, 3.05) is 5.32 Å². The van der Waals surface area contributed by atoms with E-state index in [9.17, 15) is 10.1 Å². The lowest BCUT2D eigenvalue weighted by molar-refractivity contribution is 0.0690. The Morgan fingerprint density at radius 2 is 2.14 bits per heavy atom. The Kier molecular flexibility index (Phi) is 4.41. The topological polar surface area (TPSA) is 130 Å². The van der Waals surface area contributed by atoms with Crippen LogP contribution in [0.3, 0.4) is 0 Å². The van der Waals surface area contributed by atoms with E-state index >= 15 is 0 Å². The monoisotopic (exact) mass is 395 g/mol. The number of hydrogen-bond donors (Lipinski definition) is 2. The van der Waals surface area contributed by atoms with Crippen LogP contribution >= 0.6 is 11.6 Å². The summed E-state index contributed by atoms with van der Waals surface area (Å²) < 4.78 is 1.73. The SMILES string of the molecule is N#CC1(Cn2cc(-c3nc(Nc4ccc(C(=O)O)nc4)ncc3Cl)cn2)CC1. The van der Waals surface area contributed by atoms with Gasteiger partial charge in [0.05, 0.1) is 53.0 Å². The van der Waals surface area contributed by atoms with E-state index in [0.717, 1.165) is 12.8 Å². The Labute approximate surface area is 164 Å². The van der Waals surface area contributed by atoms with Crippen LogP contribution in [-0.2, 0) is 6.54 Å². The number of hydrogen-bond acceptors (Lipinski definition) is 7. The number of carboxylic acids is 1. The molecule has 9 nitrogen and oxygen atoms in total. The van der Waals surface area contributed by atoms with Crippen molar-refractivity contribution >= 4 is 29.2 Å².